The van der Waals surface area contributed by atoms with Crippen LogP contribution >= 0.6 is 0 Å². The Balaban J connectivity index is 1.49. The van der Waals surface area contributed by atoms with E-state index < -0.39 is 0 Å². The molecular weight excluding hydrogens is 316 g/mol. The lowest BCUT2D eigenvalue weighted by atomic mass is 10.2. The minimum absolute atomic E-state index is 0.265. The summed E-state index contributed by atoms with van der Waals surface area (Å²) in [6.07, 6.45) is 4.34. The van der Waals surface area contributed by atoms with Gasteiger partial charge in [-0.15, -0.1) is 0 Å². The molecule has 1 aromatic heterocycles. The van der Waals surface area contributed by atoms with E-state index in [4.69, 9.17) is 4.42 Å². The SMILES string of the molecule is Cc1cc(=O)c(O)c(CN2CCN(CC=Cc3ccccc3)CC2)o1. The van der Waals surface area contributed by atoms with Gasteiger partial charge in [0.25, 0.3) is 0 Å². The van der Waals surface area contributed by atoms with Gasteiger partial charge in [0.05, 0.1) is 6.54 Å². The molecule has 0 spiro atoms. The Hall–Kier alpha value is -2.37. The summed E-state index contributed by atoms with van der Waals surface area (Å²) in [6, 6.07) is 11.6. The van der Waals surface area contributed by atoms with E-state index in [-0.39, 0.29) is 11.2 Å². The maximum atomic E-state index is 11.6. The van der Waals surface area contributed by atoms with Crippen molar-refractivity contribution in [3.8, 4) is 5.75 Å². The third-order valence-electron chi connectivity index (χ3n) is 4.42. The molecule has 1 N–H and O–H groups in total. The highest BCUT2D eigenvalue weighted by Gasteiger charge is 2.19. The summed E-state index contributed by atoms with van der Waals surface area (Å²) in [5, 5.41) is 9.88. The molecule has 25 heavy (non-hydrogen) atoms. The molecule has 0 aliphatic carbocycles. The predicted molar refractivity (Wildman–Crippen MR) is 98.6 cm³/mol. The first-order valence-electron chi connectivity index (χ1n) is 8.61. The molecule has 5 nitrogen and oxygen atoms in total. The Kier molecular flexibility index (Phi) is 5.68. The van der Waals surface area contributed by atoms with Crippen LogP contribution in [-0.2, 0) is 6.54 Å². The zero-order chi connectivity index (χ0) is 17.6. The van der Waals surface area contributed by atoms with Crippen molar-refractivity contribution >= 4 is 6.08 Å². The van der Waals surface area contributed by atoms with E-state index in [1.807, 2.05) is 18.2 Å². The van der Waals surface area contributed by atoms with Crippen LogP contribution in [0.5, 0.6) is 5.75 Å². The van der Waals surface area contributed by atoms with Gasteiger partial charge in [0, 0.05) is 38.8 Å². The zero-order valence-corrected chi connectivity index (χ0v) is 14.5. The first-order chi connectivity index (χ1) is 12.1. The molecule has 0 saturated carbocycles. The number of aromatic hydroxyl groups is 1. The minimum Gasteiger partial charge on any atom is -0.502 e. The molecule has 0 bridgehead atoms. The molecule has 3 rings (SSSR count). The lowest BCUT2D eigenvalue weighted by molar-refractivity contribution is 0.127. The van der Waals surface area contributed by atoms with Crippen LogP contribution < -0.4 is 5.43 Å². The Morgan fingerprint density at radius 3 is 2.52 bits per heavy atom. The quantitative estimate of drug-likeness (QED) is 0.906. The molecule has 1 fully saturated rings. The molecule has 1 aliphatic heterocycles. The number of benzene rings is 1. The van der Waals surface area contributed by atoms with E-state index in [9.17, 15) is 9.90 Å². The van der Waals surface area contributed by atoms with Gasteiger partial charge in [-0.05, 0) is 12.5 Å². The minimum atomic E-state index is -0.372. The highest BCUT2D eigenvalue weighted by molar-refractivity contribution is 5.48. The third kappa shape index (κ3) is 4.81. The summed E-state index contributed by atoms with van der Waals surface area (Å²) in [4.78, 5) is 16.2. The normalized spacial score (nSPS) is 16.5. The number of hydrogen-bond donors (Lipinski definition) is 1. The summed E-state index contributed by atoms with van der Waals surface area (Å²) in [7, 11) is 0. The Labute approximate surface area is 147 Å². The van der Waals surface area contributed by atoms with Crippen molar-refractivity contribution in [2.24, 2.45) is 0 Å². The predicted octanol–water partition coefficient (Wildman–Crippen LogP) is 2.48. The first-order valence-corrected chi connectivity index (χ1v) is 8.61. The van der Waals surface area contributed by atoms with Gasteiger partial charge < -0.3 is 9.52 Å². The van der Waals surface area contributed by atoms with E-state index in [1.165, 1.54) is 11.6 Å². The van der Waals surface area contributed by atoms with E-state index in [0.717, 1.165) is 32.7 Å². The molecule has 0 amide bonds. The van der Waals surface area contributed by atoms with Crippen molar-refractivity contribution in [3.05, 3.63) is 69.8 Å². The van der Waals surface area contributed by atoms with Gasteiger partial charge in [0.2, 0.25) is 11.2 Å². The molecule has 0 unspecified atom stereocenters. The van der Waals surface area contributed by atoms with Gasteiger partial charge >= 0.3 is 0 Å². The molecular formula is C20H24N2O3. The lowest BCUT2D eigenvalue weighted by Gasteiger charge is -2.33. The summed E-state index contributed by atoms with van der Waals surface area (Å²) in [5.41, 5.74) is 0.842. The maximum absolute atomic E-state index is 11.6. The molecule has 0 atom stereocenters. The van der Waals surface area contributed by atoms with Crippen molar-refractivity contribution in [3.63, 3.8) is 0 Å². The number of rotatable bonds is 5. The standard InChI is InChI=1S/C20H24N2O3/c1-16-14-18(23)20(24)19(25-16)15-22-12-10-21(11-13-22)9-5-8-17-6-3-2-4-7-17/h2-8,14,24H,9-13,15H2,1H3. The fourth-order valence-electron chi connectivity index (χ4n) is 3.00. The number of piperazine rings is 1. The second-order valence-electron chi connectivity index (χ2n) is 6.38. The molecule has 1 saturated heterocycles. The van der Waals surface area contributed by atoms with Crippen LogP contribution in [0.25, 0.3) is 6.08 Å². The van der Waals surface area contributed by atoms with E-state index in [2.05, 4.69) is 34.1 Å². The largest absolute Gasteiger partial charge is 0.502 e. The Morgan fingerprint density at radius 1 is 1.12 bits per heavy atom. The highest BCUT2D eigenvalue weighted by atomic mass is 16.4. The van der Waals surface area contributed by atoms with Crippen molar-refractivity contribution in [1.82, 2.24) is 9.80 Å². The summed E-state index contributed by atoms with van der Waals surface area (Å²) in [5.74, 6) is 0.628. The first kappa shape index (κ1) is 17.5. The van der Waals surface area contributed by atoms with Crippen molar-refractivity contribution in [1.29, 1.82) is 0 Å². The van der Waals surface area contributed by atoms with E-state index >= 15 is 0 Å². The van der Waals surface area contributed by atoms with Gasteiger partial charge in [-0.3, -0.25) is 14.6 Å². The molecule has 2 heterocycles. The van der Waals surface area contributed by atoms with Crippen LogP contribution in [0.2, 0.25) is 0 Å². The number of hydrogen-bond acceptors (Lipinski definition) is 5. The Morgan fingerprint density at radius 2 is 1.80 bits per heavy atom. The van der Waals surface area contributed by atoms with Crippen LogP contribution in [0.4, 0.5) is 0 Å². The number of nitrogens with zero attached hydrogens (tertiary/aromatic N) is 2. The zero-order valence-electron chi connectivity index (χ0n) is 14.5. The van der Waals surface area contributed by atoms with Gasteiger partial charge in [-0.1, -0.05) is 42.5 Å². The van der Waals surface area contributed by atoms with Crippen LogP contribution in [0, 0.1) is 6.92 Å². The summed E-state index contributed by atoms with van der Waals surface area (Å²) >= 11 is 0. The average Bonchev–Trinajstić information content (AvgIpc) is 2.62. The van der Waals surface area contributed by atoms with Crippen LogP contribution in [-0.4, -0.2) is 47.6 Å². The molecule has 1 aromatic carbocycles. The van der Waals surface area contributed by atoms with Gasteiger partial charge in [-0.25, -0.2) is 0 Å². The fourth-order valence-corrected chi connectivity index (χ4v) is 3.00. The smallest absolute Gasteiger partial charge is 0.227 e. The molecule has 132 valence electrons. The van der Waals surface area contributed by atoms with Gasteiger partial charge in [0.15, 0.2) is 5.76 Å². The second-order valence-corrected chi connectivity index (χ2v) is 6.38. The third-order valence-corrected chi connectivity index (χ3v) is 4.42. The fraction of sp³-hybridized carbons (Fsp3) is 0.350. The topological polar surface area (TPSA) is 56.9 Å². The molecule has 1 aliphatic rings. The van der Waals surface area contributed by atoms with Crippen LogP contribution in [0.1, 0.15) is 17.1 Å². The van der Waals surface area contributed by atoms with E-state index in [0.29, 0.717) is 18.1 Å². The molecule has 5 heteroatoms. The average molecular weight is 340 g/mol. The van der Waals surface area contributed by atoms with Gasteiger partial charge in [-0.2, -0.15) is 0 Å². The van der Waals surface area contributed by atoms with E-state index in [1.54, 1.807) is 6.92 Å². The summed E-state index contributed by atoms with van der Waals surface area (Å²) in [6.45, 7) is 6.80. The molecule has 0 radical (unpaired) electrons. The van der Waals surface area contributed by atoms with Crippen LogP contribution in [0.3, 0.4) is 0 Å². The monoisotopic (exact) mass is 340 g/mol. The lowest BCUT2D eigenvalue weighted by Crippen LogP contribution is -2.45. The Bertz CT molecular complexity index is 775. The maximum Gasteiger partial charge on any atom is 0.227 e. The number of aryl methyl sites for hydroxylation is 1. The van der Waals surface area contributed by atoms with Crippen LogP contribution in [0.15, 0.2) is 51.7 Å². The van der Waals surface area contributed by atoms with Crippen molar-refractivity contribution in [2.75, 3.05) is 32.7 Å². The molecule has 2 aromatic rings. The van der Waals surface area contributed by atoms with Crippen molar-refractivity contribution < 1.29 is 9.52 Å². The second kappa shape index (κ2) is 8.14. The highest BCUT2D eigenvalue weighted by Crippen LogP contribution is 2.17. The summed E-state index contributed by atoms with van der Waals surface area (Å²) < 4.78 is 5.52. The van der Waals surface area contributed by atoms with Gasteiger partial charge in [0.1, 0.15) is 5.76 Å². The van der Waals surface area contributed by atoms with Crippen molar-refractivity contribution in [2.45, 2.75) is 13.5 Å².